The maximum absolute atomic E-state index is 13.3. The molecule has 180 valence electrons. The first-order valence-electron chi connectivity index (χ1n) is 10.3. The molecule has 0 radical (unpaired) electrons. The Morgan fingerprint density at radius 2 is 1.76 bits per heavy atom. The van der Waals surface area contributed by atoms with Crippen LogP contribution in [0.15, 0.2) is 44.7 Å². The summed E-state index contributed by atoms with van der Waals surface area (Å²) in [7, 11) is 4.20. The van der Waals surface area contributed by atoms with Crippen molar-refractivity contribution in [2.45, 2.75) is 26.2 Å². The molecule has 2 aromatic carbocycles. The van der Waals surface area contributed by atoms with Crippen molar-refractivity contribution in [3.8, 4) is 17.2 Å². The van der Waals surface area contributed by atoms with Crippen molar-refractivity contribution in [1.29, 1.82) is 0 Å². The van der Waals surface area contributed by atoms with Gasteiger partial charge < -0.3 is 18.9 Å². The van der Waals surface area contributed by atoms with Crippen LogP contribution in [0.25, 0.3) is 10.9 Å². The summed E-state index contributed by atoms with van der Waals surface area (Å²) < 4.78 is 23.0. The van der Waals surface area contributed by atoms with Gasteiger partial charge in [0.25, 0.3) is 5.56 Å². The molecule has 0 atom stereocenters. The second-order valence-electron chi connectivity index (χ2n) is 8.33. The van der Waals surface area contributed by atoms with Gasteiger partial charge in [0.15, 0.2) is 18.1 Å². The number of ether oxygens (including phenoxy) is 4. The molecule has 0 N–H and O–H groups in total. The van der Waals surface area contributed by atoms with Crippen LogP contribution in [0.5, 0.6) is 17.2 Å². The Labute approximate surface area is 205 Å². The molecule has 0 aliphatic carbocycles. The molecule has 0 amide bonds. The molecular formula is C24H26BrN3O6. The molecule has 0 fully saturated rings. The van der Waals surface area contributed by atoms with E-state index in [1.54, 1.807) is 24.3 Å². The van der Waals surface area contributed by atoms with E-state index >= 15 is 0 Å². The average molecular weight is 532 g/mol. The van der Waals surface area contributed by atoms with Gasteiger partial charge in [-0.1, -0.05) is 36.7 Å². The van der Waals surface area contributed by atoms with Gasteiger partial charge in [0.2, 0.25) is 5.75 Å². The number of aromatic nitrogens is 2. The van der Waals surface area contributed by atoms with Crippen LogP contribution in [0.2, 0.25) is 0 Å². The number of rotatable bonds is 7. The van der Waals surface area contributed by atoms with Gasteiger partial charge in [-0.25, -0.2) is 9.78 Å². The molecule has 3 rings (SSSR count). The Balaban J connectivity index is 2.11. The second kappa shape index (κ2) is 10.3. The molecule has 0 saturated heterocycles. The molecule has 0 unspecified atom stereocenters. The van der Waals surface area contributed by atoms with Crippen molar-refractivity contribution in [2.75, 3.05) is 27.9 Å². The van der Waals surface area contributed by atoms with Gasteiger partial charge in [-0.05, 0) is 30.3 Å². The third-order valence-corrected chi connectivity index (χ3v) is 5.34. The molecule has 34 heavy (non-hydrogen) atoms. The Morgan fingerprint density at radius 3 is 2.32 bits per heavy atom. The normalized spacial score (nSPS) is 11.6. The SMILES string of the molecule is COC(=O)COc1c(OC)cc(C=Nn2c(C(C)(C)C)nc3ccc(Br)cc3c2=O)cc1OC. The van der Waals surface area contributed by atoms with Gasteiger partial charge >= 0.3 is 5.97 Å². The van der Waals surface area contributed by atoms with Gasteiger partial charge in [-0.15, -0.1) is 0 Å². The fourth-order valence-corrected chi connectivity index (χ4v) is 3.53. The Hall–Kier alpha value is -3.40. The molecule has 9 nitrogen and oxygen atoms in total. The smallest absolute Gasteiger partial charge is 0.343 e. The number of hydrogen-bond donors (Lipinski definition) is 0. The van der Waals surface area contributed by atoms with Gasteiger partial charge in [-0.3, -0.25) is 4.79 Å². The summed E-state index contributed by atoms with van der Waals surface area (Å²) in [5.41, 5.74) is 0.448. The molecule has 0 aliphatic heterocycles. The zero-order chi connectivity index (χ0) is 25.0. The number of hydrogen-bond acceptors (Lipinski definition) is 8. The molecule has 0 spiro atoms. The van der Waals surface area contributed by atoms with E-state index in [2.05, 4.69) is 25.8 Å². The predicted molar refractivity (Wildman–Crippen MR) is 132 cm³/mol. The highest BCUT2D eigenvalue weighted by molar-refractivity contribution is 9.10. The van der Waals surface area contributed by atoms with Crippen LogP contribution in [0, 0.1) is 0 Å². The van der Waals surface area contributed by atoms with Crippen molar-refractivity contribution < 1.29 is 23.7 Å². The summed E-state index contributed by atoms with van der Waals surface area (Å²) >= 11 is 3.41. The zero-order valence-electron chi connectivity index (χ0n) is 19.8. The van der Waals surface area contributed by atoms with Crippen LogP contribution in [-0.4, -0.2) is 49.8 Å². The predicted octanol–water partition coefficient (Wildman–Crippen LogP) is 3.91. The highest BCUT2D eigenvalue weighted by Gasteiger charge is 2.23. The van der Waals surface area contributed by atoms with Crippen molar-refractivity contribution in [2.24, 2.45) is 5.10 Å². The number of halogens is 1. The first-order chi connectivity index (χ1) is 16.1. The van der Waals surface area contributed by atoms with Crippen LogP contribution in [0.1, 0.15) is 32.2 Å². The second-order valence-corrected chi connectivity index (χ2v) is 9.24. The number of methoxy groups -OCH3 is 3. The number of carbonyl (C=O) groups is 1. The number of fused-ring (bicyclic) bond motifs is 1. The third-order valence-electron chi connectivity index (χ3n) is 4.85. The summed E-state index contributed by atoms with van der Waals surface area (Å²) in [5, 5.41) is 4.91. The van der Waals surface area contributed by atoms with Gasteiger partial charge in [-0.2, -0.15) is 9.78 Å². The quantitative estimate of drug-likeness (QED) is 0.336. The van der Waals surface area contributed by atoms with E-state index in [0.717, 1.165) is 4.47 Å². The van der Waals surface area contributed by atoms with Crippen molar-refractivity contribution >= 4 is 39.0 Å². The van der Waals surface area contributed by atoms with Gasteiger partial charge in [0.05, 0.1) is 38.4 Å². The molecule has 1 aromatic heterocycles. The highest BCUT2D eigenvalue weighted by Crippen LogP contribution is 2.38. The van der Waals surface area contributed by atoms with Crippen molar-refractivity contribution in [3.05, 3.63) is 56.5 Å². The average Bonchev–Trinajstić information content (AvgIpc) is 2.81. The summed E-state index contributed by atoms with van der Waals surface area (Å²) in [4.78, 5) is 29.5. The van der Waals surface area contributed by atoms with Crippen LogP contribution >= 0.6 is 15.9 Å². The lowest BCUT2D eigenvalue weighted by molar-refractivity contribution is -0.142. The highest BCUT2D eigenvalue weighted by atomic mass is 79.9. The van der Waals surface area contributed by atoms with Gasteiger partial charge in [0.1, 0.15) is 5.82 Å². The lowest BCUT2D eigenvalue weighted by Crippen LogP contribution is -2.29. The van der Waals surface area contributed by atoms with Crippen molar-refractivity contribution in [1.82, 2.24) is 9.66 Å². The third kappa shape index (κ3) is 5.39. The minimum Gasteiger partial charge on any atom is -0.493 e. The lowest BCUT2D eigenvalue weighted by atomic mass is 9.95. The molecule has 10 heteroatoms. The minimum atomic E-state index is -0.542. The molecular weight excluding hydrogens is 506 g/mol. The number of carbonyl (C=O) groups excluding carboxylic acids is 1. The molecule has 0 bridgehead atoms. The maximum Gasteiger partial charge on any atom is 0.343 e. The Bertz CT molecular complexity index is 1290. The van der Waals surface area contributed by atoms with Crippen LogP contribution < -0.4 is 19.8 Å². The van der Waals surface area contributed by atoms with Gasteiger partial charge in [0, 0.05) is 15.5 Å². The maximum atomic E-state index is 13.3. The van der Waals surface area contributed by atoms with E-state index in [1.807, 2.05) is 26.8 Å². The molecule has 3 aromatic rings. The van der Waals surface area contributed by atoms with E-state index in [9.17, 15) is 9.59 Å². The first kappa shape index (κ1) is 25.2. The monoisotopic (exact) mass is 531 g/mol. The lowest BCUT2D eigenvalue weighted by Gasteiger charge is -2.21. The topological polar surface area (TPSA) is 101 Å². The fourth-order valence-electron chi connectivity index (χ4n) is 3.17. The van der Waals surface area contributed by atoms with E-state index in [0.29, 0.717) is 33.8 Å². The number of esters is 1. The fraction of sp³-hybridized carbons (Fsp3) is 0.333. The molecule has 0 aliphatic rings. The Kier molecular flexibility index (Phi) is 7.61. The first-order valence-corrected chi connectivity index (χ1v) is 11.1. The van der Waals surface area contributed by atoms with E-state index in [4.69, 9.17) is 19.2 Å². The number of benzene rings is 2. The summed E-state index contributed by atoms with van der Waals surface area (Å²) in [6, 6.07) is 8.68. The molecule has 0 saturated carbocycles. The summed E-state index contributed by atoms with van der Waals surface area (Å²) in [6.45, 7) is 5.58. The summed E-state index contributed by atoms with van der Waals surface area (Å²) in [5.74, 6) is 0.874. The van der Waals surface area contributed by atoms with E-state index in [-0.39, 0.29) is 17.9 Å². The van der Waals surface area contributed by atoms with Crippen LogP contribution in [-0.2, 0) is 14.9 Å². The largest absolute Gasteiger partial charge is 0.493 e. The number of nitrogens with zero attached hydrogens (tertiary/aromatic N) is 3. The summed E-state index contributed by atoms with van der Waals surface area (Å²) in [6.07, 6.45) is 1.51. The van der Waals surface area contributed by atoms with E-state index < -0.39 is 11.4 Å². The standard InChI is InChI=1S/C24H26BrN3O6/c1-24(2,3)23-27-17-8-7-15(25)11-16(17)22(30)28(23)26-12-14-9-18(31-4)21(19(10-14)32-5)34-13-20(29)33-6/h7-12H,13H2,1-6H3. The molecule has 1 heterocycles. The van der Waals surface area contributed by atoms with E-state index in [1.165, 1.54) is 32.2 Å². The van der Waals surface area contributed by atoms with Crippen LogP contribution in [0.4, 0.5) is 0 Å². The van der Waals surface area contributed by atoms with Crippen LogP contribution in [0.3, 0.4) is 0 Å². The zero-order valence-corrected chi connectivity index (χ0v) is 21.4. The van der Waals surface area contributed by atoms with Crippen molar-refractivity contribution in [3.63, 3.8) is 0 Å². The minimum absolute atomic E-state index is 0.248. The Morgan fingerprint density at radius 1 is 1.12 bits per heavy atom.